The summed E-state index contributed by atoms with van der Waals surface area (Å²) in [5, 5.41) is 12.3. The van der Waals surface area contributed by atoms with Crippen LogP contribution in [0.2, 0.25) is 0 Å². The Morgan fingerprint density at radius 2 is 1.86 bits per heavy atom. The Hall–Kier alpha value is -2.31. The third-order valence-electron chi connectivity index (χ3n) is 3.34. The molecular formula is C18H20N2O. The number of nitriles is 1. The molecule has 3 rings (SSSR count). The smallest absolute Gasteiger partial charge is 0.120 e. The second-order valence-corrected chi connectivity index (χ2v) is 4.59. The van der Waals surface area contributed by atoms with Crippen molar-refractivity contribution in [3.8, 4) is 11.8 Å². The van der Waals surface area contributed by atoms with Gasteiger partial charge in [0.15, 0.2) is 0 Å². The summed E-state index contributed by atoms with van der Waals surface area (Å²) in [5.74, 6) is 0.857. The highest BCUT2D eigenvalue weighted by Gasteiger charge is 2.10. The van der Waals surface area contributed by atoms with Crippen LogP contribution in [0.3, 0.4) is 0 Å². The van der Waals surface area contributed by atoms with Crippen molar-refractivity contribution in [1.29, 1.82) is 5.26 Å². The fourth-order valence-electron chi connectivity index (χ4n) is 2.28. The van der Waals surface area contributed by atoms with Crippen molar-refractivity contribution in [2.45, 2.75) is 33.5 Å². The van der Waals surface area contributed by atoms with Crippen molar-refractivity contribution in [2.24, 2.45) is 0 Å². The van der Waals surface area contributed by atoms with Gasteiger partial charge in [0, 0.05) is 18.7 Å². The summed E-state index contributed by atoms with van der Waals surface area (Å²) in [6, 6.07) is 15.9. The maximum Gasteiger partial charge on any atom is 0.120 e. The molecule has 0 spiro atoms. The van der Waals surface area contributed by atoms with E-state index < -0.39 is 0 Å². The predicted octanol–water partition coefficient (Wildman–Crippen LogP) is 3.77. The number of nitrogens with zero attached hydrogens (tertiary/aromatic N) is 1. The van der Waals surface area contributed by atoms with E-state index in [4.69, 9.17) is 10.00 Å². The van der Waals surface area contributed by atoms with Crippen molar-refractivity contribution in [3.05, 3.63) is 64.7 Å². The van der Waals surface area contributed by atoms with Crippen LogP contribution in [-0.4, -0.2) is 0 Å². The quantitative estimate of drug-likeness (QED) is 0.931. The molecule has 1 aliphatic heterocycles. The van der Waals surface area contributed by atoms with Gasteiger partial charge in [0.2, 0.25) is 0 Å². The van der Waals surface area contributed by atoms with Crippen LogP contribution in [0.5, 0.6) is 5.75 Å². The molecule has 1 heterocycles. The van der Waals surface area contributed by atoms with Crippen LogP contribution in [0.1, 0.15) is 36.1 Å². The maximum absolute atomic E-state index is 9.03. The van der Waals surface area contributed by atoms with Gasteiger partial charge in [-0.25, -0.2) is 0 Å². The van der Waals surface area contributed by atoms with Crippen molar-refractivity contribution in [3.63, 3.8) is 0 Å². The molecular weight excluding hydrogens is 260 g/mol. The molecule has 0 aliphatic carbocycles. The van der Waals surface area contributed by atoms with Gasteiger partial charge < -0.3 is 10.1 Å². The van der Waals surface area contributed by atoms with Crippen molar-refractivity contribution >= 4 is 0 Å². The second kappa shape index (κ2) is 7.47. The van der Waals surface area contributed by atoms with Gasteiger partial charge in [-0.3, -0.25) is 0 Å². The minimum Gasteiger partial charge on any atom is -0.489 e. The Bertz CT molecular complexity index is 644. The minimum atomic E-state index is 0.427. The fraction of sp³-hybridized carbons (Fsp3) is 0.278. The van der Waals surface area contributed by atoms with Crippen LogP contribution in [0.25, 0.3) is 0 Å². The Balaban J connectivity index is 0.000000774. The molecule has 3 nitrogen and oxygen atoms in total. The summed E-state index contributed by atoms with van der Waals surface area (Å²) < 4.78 is 5.78. The van der Waals surface area contributed by atoms with Crippen LogP contribution < -0.4 is 10.1 Å². The molecule has 0 bridgehead atoms. The second-order valence-electron chi connectivity index (χ2n) is 4.59. The first-order valence-electron chi connectivity index (χ1n) is 7.30. The number of ether oxygens (including phenoxy) is 1. The molecule has 21 heavy (non-hydrogen) atoms. The van der Waals surface area contributed by atoms with Crippen molar-refractivity contribution in [1.82, 2.24) is 5.32 Å². The van der Waals surface area contributed by atoms with Crippen LogP contribution in [0.15, 0.2) is 42.5 Å². The van der Waals surface area contributed by atoms with E-state index in [1.807, 2.05) is 44.2 Å². The summed E-state index contributed by atoms with van der Waals surface area (Å²) in [4.78, 5) is 0. The number of hydrogen-bond donors (Lipinski definition) is 1. The molecule has 2 aromatic rings. The number of rotatable bonds is 3. The maximum atomic E-state index is 9.03. The van der Waals surface area contributed by atoms with E-state index in [1.165, 1.54) is 11.1 Å². The highest BCUT2D eigenvalue weighted by Crippen LogP contribution is 2.22. The van der Waals surface area contributed by atoms with E-state index in [0.29, 0.717) is 12.2 Å². The fourth-order valence-corrected chi connectivity index (χ4v) is 2.28. The lowest BCUT2D eigenvalue weighted by Crippen LogP contribution is -2.00. The summed E-state index contributed by atoms with van der Waals surface area (Å²) in [7, 11) is 0. The van der Waals surface area contributed by atoms with Gasteiger partial charge in [-0.05, 0) is 29.3 Å². The summed E-state index contributed by atoms with van der Waals surface area (Å²) in [5.41, 5.74) is 4.23. The molecule has 0 radical (unpaired) electrons. The molecule has 0 saturated heterocycles. The molecule has 0 amide bonds. The molecule has 0 unspecified atom stereocenters. The monoisotopic (exact) mass is 280 g/mol. The Morgan fingerprint density at radius 3 is 2.67 bits per heavy atom. The lowest BCUT2D eigenvalue weighted by molar-refractivity contribution is 0.305. The van der Waals surface area contributed by atoms with Gasteiger partial charge in [-0.1, -0.05) is 38.1 Å². The lowest BCUT2D eigenvalue weighted by Gasteiger charge is -2.09. The van der Waals surface area contributed by atoms with E-state index in [1.54, 1.807) is 0 Å². The van der Waals surface area contributed by atoms with Crippen molar-refractivity contribution in [2.75, 3.05) is 0 Å². The number of nitrogens with one attached hydrogen (secondary N) is 1. The number of fused-ring (bicyclic) bond motifs is 1. The van der Waals surface area contributed by atoms with Crippen LogP contribution in [0, 0.1) is 11.3 Å². The van der Waals surface area contributed by atoms with Gasteiger partial charge in [0.1, 0.15) is 12.4 Å². The molecule has 0 atom stereocenters. The zero-order chi connectivity index (χ0) is 15.1. The Morgan fingerprint density at radius 1 is 1.10 bits per heavy atom. The largest absolute Gasteiger partial charge is 0.489 e. The topological polar surface area (TPSA) is 45.0 Å². The third-order valence-corrected chi connectivity index (χ3v) is 3.34. The molecule has 0 saturated carbocycles. The van der Waals surface area contributed by atoms with Gasteiger partial charge >= 0.3 is 0 Å². The Labute approximate surface area is 126 Å². The molecule has 0 fully saturated rings. The minimum absolute atomic E-state index is 0.427. The van der Waals surface area contributed by atoms with Crippen LogP contribution >= 0.6 is 0 Å². The summed E-state index contributed by atoms with van der Waals surface area (Å²) >= 11 is 0. The average molecular weight is 280 g/mol. The van der Waals surface area contributed by atoms with Gasteiger partial charge in [0.25, 0.3) is 0 Å². The molecule has 2 aromatic carbocycles. The molecule has 1 N–H and O–H groups in total. The number of benzene rings is 2. The zero-order valence-electron chi connectivity index (χ0n) is 12.5. The molecule has 1 aliphatic rings. The van der Waals surface area contributed by atoms with E-state index >= 15 is 0 Å². The summed E-state index contributed by atoms with van der Waals surface area (Å²) in [6.45, 7) is 6.27. The van der Waals surface area contributed by atoms with E-state index in [0.717, 1.165) is 24.4 Å². The number of hydrogen-bond acceptors (Lipinski definition) is 3. The first-order valence-corrected chi connectivity index (χ1v) is 7.30. The lowest BCUT2D eigenvalue weighted by atomic mass is 10.1. The first-order chi connectivity index (χ1) is 10.4. The van der Waals surface area contributed by atoms with E-state index in [9.17, 15) is 0 Å². The predicted molar refractivity (Wildman–Crippen MR) is 83.8 cm³/mol. The van der Waals surface area contributed by atoms with Crippen molar-refractivity contribution < 1.29 is 4.74 Å². The standard InChI is InChI=1S/C16H14N2O.C2H6/c17-8-12-3-1-2-4-14(12)11-19-16-6-5-13-9-18-10-15(13)7-16;1-2/h1-7,18H,9-11H2;1-2H3. The Kier molecular flexibility index (Phi) is 5.36. The zero-order valence-corrected chi connectivity index (χ0v) is 12.5. The summed E-state index contributed by atoms with van der Waals surface area (Å²) in [6.07, 6.45) is 0. The van der Waals surface area contributed by atoms with Crippen LogP contribution in [-0.2, 0) is 19.7 Å². The van der Waals surface area contributed by atoms with E-state index in [-0.39, 0.29) is 0 Å². The highest BCUT2D eigenvalue weighted by atomic mass is 16.5. The first kappa shape index (κ1) is 15.1. The highest BCUT2D eigenvalue weighted by molar-refractivity contribution is 5.39. The van der Waals surface area contributed by atoms with Gasteiger partial charge in [0.05, 0.1) is 11.6 Å². The molecule has 0 aromatic heterocycles. The normalized spacial score (nSPS) is 11.9. The molecule has 108 valence electrons. The molecule has 3 heteroatoms. The SMILES string of the molecule is CC.N#Cc1ccccc1COc1ccc2c(c1)CNC2. The van der Waals surface area contributed by atoms with Crippen LogP contribution in [0.4, 0.5) is 0 Å². The third kappa shape index (κ3) is 3.62. The van der Waals surface area contributed by atoms with E-state index in [2.05, 4.69) is 23.5 Å². The average Bonchev–Trinajstić information content (AvgIpc) is 3.02. The van der Waals surface area contributed by atoms with Gasteiger partial charge in [-0.15, -0.1) is 0 Å². The van der Waals surface area contributed by atoms with Gasteiger partial charge in [-0.2, -0.15) is 5.26 Å².